The van der Waals surface area contributed by atoms with E-state index in [1.165, 1.54) is 34.2 Å². The van der Waals surface area contributed by atoms with Gasteiger partial charge in [0.1, 0.15) is 17.2 Å². The number of aromatic nitrogens is 3. The predicted molar refractivity (Wildman–Crippen MR) is 208 cm³/mol. The van der Waals surface area contributed by atoms with Gasteiger partial charge in [0.25, 0.3) is 0 Å². The highest BCUT2D eigenvalue weighted by Gasteiger charge is 2.38. The Labute approximate surface area is 310 Å². The minimum Gasteiger partial charge on any atom is -0.497 e. The first-order chi connectivity index (χ1) is 24.8. The molecule has 1 unspecified atom stereocenters. The quantitative estimate of drug-likeness (QED) is 0.151. The van der Waals surface area contributed by atoms with E-state index >= 15 is 0 Å². The van der Waals surface area contributed by atoms with Crippen LogP contribution in [0.1, 0.15) is 87.6 Å². The number of nitrogens with zero attached hydrogens (tertiary/aromatic N) is 6. The molecule has 0 radical (unpaired) electrons. The zero-order chi connectivity index (χ0) is 38.5. The fourth-order valence-corrected chi connectivity index (χ4v) is 7.57. The summed E-state index contributed by atoms with van der Waals surface area (Å²) in [7, 11) is -2.02. The molecule has 0 spiro atoms. The molecule has 0 fully saturated rings. The van der Waals surface area contributed by atoms with Gasteiger partial charge in [-0.3, -0.25) is 4.72 Å². The number of methoxy groups -OCH3 is 1. The van der Waals surface area contributed by atoms with Gasteiger partial charge in [0.05, 0.1) is 42.6 Å². The van der Waals surface area contributed by atoms with Crippen LogP contribution in [-0.2, 0) is 10.0 Å². The number of ether oxygens (including phenoxy) is 2. The Morgan fingerprint density at radius 3 is 2.43 bits per heavy atom. The molecule has 2 N–H and O–H groups in total. The maximum Gasteiger partial charge on any atom is 0.335 e. The number of aromatic carboxylic acids is 1. The van der Waals surface area contributed by atoms with Gasteiger partial charge in [-0.05, 0) is 105 Å². The molecule has 6 rings (SSSR count). The van der Waals surface area contributed by atoms with Crippen molar-refractivity contribution in [2.24, 2.45) is 15.5 Å². The van der Waals surface area contributed by atoms with Gasteiger partial charge >= 0.3 is 5.97 Å². The van der Waals surface area contributed by atoms with Gasteiger partial charge in [-0.15, -0.1) is 9.89 Å². The second-order valence-corrected chi connectivity index (χ2v) is 17.2. The largest absolute Gasteiger partial charge is 0.497 e. The third-order valence-corrected chi connectivity index (χ3v) is 10.1. The zero-order valence-corrected chi connectivity index (χ0v) is 32.5. The van der Waals surface area contributed by atoms with Crippen LogP contribution in [0.5, 0.6) is 11.5 Å². The van der Waals surface area contributed by atoms with E-state index in [0.29, 0.717) is 29.4 Å². The second kappa shape index (κ2) is 14.0. The van der Waals surface area contributed by atoms with Crippen molar-refractivity contribution < 1.29 is 27.8 Å². The molecule has 2 aliphatic rings. The summed E-state index contributed by atoms with van der Waals surface area (Å²) in [6.07, 6.45) is 2.81. The number of fused-ring (bicyclic) bond motifs is 2. The summed E-state index contributed by atoms with van der Waals surface area (Å²) in [6, 6.07) is 16.2. The van der Waals surface area contributed by atoms with Crippen LogP contribution in [0.3, 0.4) is 0 Å². The monoisotopic (exact) mass is 741 g/mol. The van der Waals surface area contributed by atoms with Crippen LogP contribution in [0.15, 0.2) is 64.7 Å². The molecule has 280 valence electrons. The fourth-order valence-electron chi connectivity index (χ4n) is 7.02. The van der Waals surface area contributed by atoms with Crippen molar-refractivity contribution in [3.8, 4) is 22.9 Å². The summed E-state index contributed by atoms with van der Waals surface area (Å²) < 4.78 is 37.6. The smallest absolute Gasteiger partial charge is 0.335 e. The second-order valence-electron chi connectivity index (χ2n) is 15.4. The molecule has 53 heavy (non-hydrogen) atoms. The molecule has 13 nitrogen and oxygen atoms in total. The lowest BCUT2D eigenvalue weighted by Gasteiger charge is -2.48. The zero-order valence-electron chi connectivity index (χ0n) is 31.7. The number of aryl methyl sites for hydroxylation is 1. The molecule has 1 atom stereocenters. The highest BCUT2D eigenvalue weighted by Crippen LogP contribution is 2.46. The van der Waals surface area contributed by atoms with E-state index in [1.54, 1.807) is 7.11 Å². The number of carboxylic acid groups (broad SMARTS) is 1. The van der Waals surface area contributed by atoms with Gasteiger partial charge in [0.2, 0.25) is 15.8 Å². The lowest BCUT2D eigenvalue weighted by Crippen LogP contribution is -2.49. The predicted octanol–water partition coefficient (Wildman–Crippen LogP) is 7.28. The third kappa shape index (κ3) is 8.07. The van der Waals surface area contributed by atoms with Gasteiger partial charge in [0.15, 0.2) is 5.82 Å². The summed E-state index contributed by atoms with van der Waals surface area (Å²) in [6.45, 7) is 16.5. The van der Waals surface area contributed by atoms with E-state index in [9.17, 15) is 18.3 Å². The third-order valence-electron chi connectivity index (χ3n) is 9.46. The highest BCUT2D eigenvalue weighted by molar-refractivity contribution is 7.92. The summed E-state index contributed by atoms with van der Waals surface area (Å²) in [4.78, 5) is 25.8. The van der Waals surface area contributed by atoms with Crippen molar-refractivity contribution in [2.45, 2.75) is 72.8 Å². The molecule has 3 aromatic carbocycles. The topological polar surface area (TPSA) is 161 Å². The van der Waals surface area contributed by atoms with E-state index in [4.69, 9.17) is 24.6 Å². The first-order valence-electron chi connectivity index (χ1n) is 17.5. The Balaban J connectivity index is 1.33. The van der Waals surface area contributed by atoms with Crippen LogP contribution in [0.4, 0.5) is 17.1 Å². The molecular formula is C39H47N7O6S. The summed E-state index contributed by atoms with van der Waals surface area (Å²) in [5.41, 5.74) is 5.32. The SMILES string of the molecule is COc1ccc(OCCCN2c3cc(C)c(N=C4C(C(C)(C)C)=Nn5nc(-c6cc(NS(C)(=O)=O)cc(C(=O)O)c6)nc54)cc3C(C)CC2(C)C)cc1. The fraction of sp³-hybridized carbons (Fsp3) is 0.410. The van der Waals surface area contributed by atoms with Crippen molar-refractivity contribution in [1.29, 1.82) is 0 Å². The van der Waals surface area contributed by atoms with Gasteiger partial charge in [-0.1, -0.05) is 27.7 Å². The van der Waals surface area contributed by atoms with Crippen LogP contribution < -0.4 is 19.1 Å². The van der Waals surface area contributed by atoms with E-state index in [-0.39, 0.29) is 28.5 Å². The van der Waals surface area contributed by atoms with E-state index in [1.807, 2.05) is 45.0 Å². The first kappa shape index (κ1) is 37.5. The standard InChI is InChI=1S/C39H47N7O6S/c1-23-17-32-30(24(2)22-39(6,7)45(32)15-10-16-52-29-13-11-28(51-8)12-14-29)21-31(23)40-33-34(38(3,4)5)42-46-36(33)41-35(43-46)25-18-26(37(47)48)20-27(19-25)44-53(9,49)50/h11-14,17-21,24,44H,10,15-16,22H2,1-9H3,(H,47,48). The Morgan fingerprint density at radius 1 is 1.09 bits per heavy atom. The number of benzene rings is 3. The van der Waals surface area contributed by atoms with Crippen molar-refractivity contribution in [3.63, 3.8) is 0 Å². The van der Waals surface area contributed by atoms with Gasteiger partial charge in [-0.2, -0.15) is 5.10 Å². The average Bonchev–Trinajstić information content (AvgIpc) is 3.63. The molecule has 4 aromatic rings. The average molecular weight is 742 g/mol. The number of rotatable bonds is 11. The minimum absolute atomic E-state index is 0.0641. The van der Waals surface area contributed by atoms with Crippen molar-refractivity contribution in [3.05, 3.63) is 77.1 Å². The molecule has 3 heterocycles. The number of anilines is 2. The van der Waals surface area contributed by atoms with Crippen LogP contribution in [-0.4, -0.2) is 77.8 Å². The van der Waals surface area contributed by atoms with Crippen LogP contribution in [0, 0.1) is 12.3 Å². The van der Waals surface area contributed by atoms with E-state index in [2.05, 4.69) is 54.5 Å². The van der Waals surface area contributed by atoms with Crippen molar-refractivity contribution in [2.75, 3.05) is 36.1 Å². The van der Waals surface area contributed by atoms with Gasteiger partial charge in [-0.25, -0.2) is 23.2 Å². The minimum atomic E-state index is -3.67. The Hall–Kier alpha value is -5.24. The van der Waals surface area contributed by atoms with Crippen molar-refractivity contribution >= 4 is 44.5 Å². The first-order valence-corrected chi connectivity index (χ1v) is 19.4. The molecule has 0 saturated carbocycles. The lowest BCUT2D eigenvalue weighted by atomic mass is 9.79. The van der Waals surface area contributed by atoms with E-state index < -0.39 is 21.4 Å². The maximum absolute atomic E-state index is 12.0. The van der Waals surface area contributed by atoms with Crippen LogP contribution >= 0.6 is 0 Å². The number of aliphatic imine (C=N–C) groups is 1. The van der Waals surface area contributed by atoms with Crippen molar-refractivity contribution in [1.82, 2.24) is 14.9 Å². The number of hydrogen-bond acceptors (Lipinski definition) is 10. The number of carboxylic acids is 1. The summed E-state index contributed by atoms with van der Waals surface area (Å²) in [5, 5.41) is 19.1. The highest BCUT2D eigenvalue weighted by atomic mass is 32.2. The summed E-state index contributed by atoms with van der Waals surface area (Å²) in [5.74, 6) is 1.28. The Kier molecular flexibility index (Phi) is 9.88. The normalized spacial score (nSPS) is 17.3. The van der Waals surface area contributed by atoms with Gasteiger partial charge < -0.3 is 19.5 Å². The van der Waals surface area contributed by atoms with Crippen LogP contribution in [0.25, 0.3) is 11.4 Å². The molecule has 0 aliphatic carbocycles. The Morgan fingerprint density at radius 2 is 1.79 bits per heavy atom. The molecule has 14 heteroatoms. The number of sulfonamides is 1. The summed E-state index contributed by atoms with van der Waals surface area (Å²) >= 11 is 0. The Bertz CT molecular complexity index is 2230. The lowest BCUT2D eigenvalue weighted by molar-refractivity contribution is 0.0697. The van der Waals surface area contributed by atoms with Crippen LogP contribution in [0.2, 0.25) is 0 Å². The maximum atomic E-state index is 12.0. The molecule has 2 aliphatic heterocycles. The van der Waals surface area contributed by atoms with Gasteiger partial charge in [0, 0.05) is 28.7 Å². The number of carbonyl (C=O) groups is 1. The molecule has 0 saturated heterocycles. The number of nitrogens with one attached hydrogen (secondary N) is 1. The molecule has 1 aromatic heterocycles. The number of hydrogen-bond donors (Lipinski definition) is 2. The molecule has 0 amide bonds. The molecular weight excluding hydrogens is 695 g/mol. The van der Waals surface area contributed by atoms with E-state index in [0.717, 1.165) is 48.4 Å². The molecule has 0 bridgehead atoms.